The van der Waals surface area contributed by atoms with Gasteiger partial charge >= 0.3 is 0 Å². The van der Waals surface area contributed by atoms with Gasteiger partial charge in [-0.25, -0.2) is 0 Å². The zero-order valence-electron chi connectivity index (χ0n) is 19.6. The summed E-state index contributed by atoms with van der Waals surface area (Å²) < 4.78 is 0.548. The SMILES string of the molecule is CCCCC/C=C\C/C=C\CCCCCCCC[C@@](O)(CC(=O)[O-])C[N+](C)(C)C. The molecule has 0 heterocycles. The van der Waals surface area contributed by atoms with Crippen molar-refractivity contribution in [2.45, 2.75) is 102 Å². The Kier molecular flexibility index (Phi) is 16.0. The van der Waals surface area contributed by atoms with Crippen LogP contribution in [-0.2, 0) is 4.79 Å². The van der Waals surface area contributed by atoms with Crippen molar-refractivity contribution in [3.8, 4) is 0 Å². The van der Waals surface area contributed by atoms with Gasteiger partial charge in [0.25, 0.3) is 0 Å². The molecule has 1 N–H and O–H groups in total. The second kappa shape index (κ2) is 16.6. The molecule has 0 saturated carbocycles. The van der Waals surface area contributed by atoms with E-state index in [0.29, 0.717) is 17.4 Å². The number of carboxylic acid groups (broad SMARTS) is 1. The van der Waals surface area contributed by atoms with Gasteiger partial charge in [-0.3, -0.25) is 0 Å². The number of hydrogen-bond donors (Lipinski definition) is 1. The molecular weight excluding hydrogens is 362 g/mol. The molecule has 4 heteroatoms. The van der Waals surface area contributed by atoms with Gasteiger partial charge < -0.3 is 19.5 Å². The van der Waals surface area contributed by atoms with E-state index >= 15 is 0 Å². The quantitative estimate of drug-likeness (QED) is 0.190. The molecular formula is C25H47NO3. The van der Waals surface area contributed by atoms with Crippen molar-refractivity contribution < 1.29 is 19.5 Å². The predicted molar refractivity (Wildman–Crippen MR) is 121 cm³/mol. The van der Waals surface area contributed by atoms with Crippen molar-refractivity contribution in [2.24, 2.45) is 0 Å². The van der Waals surface area contributed by atoms with Crippen LogP contribution in [0.15, 0.2) is 24.3 Å². The number of aliphatic carboxylic acids is 1. The Morgan fingerprint density at radius 3 is 1.90 bits per heavy atom. The van der Waals surface area contributed by atoms with Gasteiger partial charge in [-0.2, -0.15) is 0 Å². The lowest BCUT2D eigenvalue weighted by atomic mass is 9.91. The van der Waals surface area contributed by atoms with Crippen molar-refractivity contribution in [2.75, 3.05) is 27.7 Å². The fourth-order valence-electron chi connectivity index (χ4n) is 3.82. The molecule has 0 aromatic rings. The summed E-state index contributed by atoms with van der Waals surface area (Å²) in [5.74, 6) is -1.17. The zero-order valence-corrected chi connectivity index (χ0v) is 19.6. The number of likely N-dealkylation sites (N-methyl/N-ethyl adjacent to an activating group) is 1. The van der Waals surface area contributed by atoms with E-state index in [0.717, 1.165) is 32.1 Å². The van der Waals surface area contributed by atoms with Crippen molar-refractivity contribution >= 4 is 5.97 Å². The molecule has 0 aromatic carbocycles. The van der Waals surface area contributed by atoms with Crippen LogP contribution < -0.4 is 5.11 Å². The molecule has 0 aliphatic heterocycles. The molecule has 0 unspecified atom stereocenters. The number of aliphatic hydroxyl groups is 1. The minimum Gasteiger partial charge on any atom is -0.550 e. The van der Waals surface area contributed by atoms with Crippen LogP contribution >= 0.6 is 0 Å². The lowest BCUT2D eigenvalue weighted by molar-refractivity contribution is -0.877. The van der Waals surface area contributed by atoms with Gasteiger partial charge in [0.05, 0.1) is 21.1 Å². The molecule has 4 nitrogen and oxygen atoms in total. The van der Waals surface area contributed by atoms with E-state index in [-0.39, 0.29) is 6.42 Å². The van der Waals surface area contributed by atoms with E-state index in [1.54, 1.807) is 0 Å². The number of allylic oxidation sites excluding steroid dienone is 4. The molecule has 0 aliphatic rings. The maximum atomic E-state index is 11.0. The van der Waals surface area contributed by atoms with E-state index < -0.39 is 11.6 Å². The number of rotatable bonds is 19. The van der Waals surface area contributed by atoms with Gasteiger partial charge in [0.15, 0.2) is 0 Å². The summed E-state index contributed by atoms with van der Waals surface area (Å²) in [6, 6.07) is 0. The molecule has 170 valence electrons. The van der Waals surface area contributed by atoms with Crippen molar-refractivity contribution in [1.82, 2.24) is 0 Å². The molecule has 0 fully saturated rings. The summed E-state index contributed by atoms with van der Waals surface area (Å²) in [7, 11) is 5.91. The number of hydrogen-bond acceptors (Lipinski definition) is 3. The molecule has 0 saturated heterocycles. The highest BCUT2D eigenvalue weighted by atomic mass is 16.4. The molecule has 0 aliphatic carbocycles. The van der Waals surface area contributed by atoms with Crippen LogP contribution in [0, 0.1) is 0 Å². The van der Waals surface area contributed by atoms with E-state index in [9.17, 15) is 15.0 Å². The lowest BCUT2D eigenvalue weighted by Gasteiger charge is -2.36. The predicted octanol–water partition coefficient (Wildman–Crippen LogP) is 4.77. The fourth-order valence-corrected chi connectivity index (χ4v) is 3.82. The highest BCUT2D eigenvalue weighted by molar-refractivity contribution is 5.65. The maximum Gasteiger partial charge on any atom is 0.119 e. The van der Waals surface area contributed by atoms with Crippen LogP contribution in [-0.4, -0.2) is 48.8 Å². The van der Waals surface area contributed by atoms with E-state index in [2.05, 4.69) is 31.2 Å². The zero-order chi connectivity index (χ0) is 22.0. The first-order chi connectivity index (χ1) is 13.7. The second-order valence-corrected chi connectivity index (χ2v) is 9.56. The molecule has 0 radical (unpaired) electrons. The van der Waals surface area contributed by atoms with Crippen LogP contribution in [0.4, 0.5) is 0 Å². The van der Waals surface area contributed by atoms with Crippen molar-refractivity contribution in [3.05, 3.63) is 24.3 Å². The third-order valence-electron chi connectivity index (χ3n) is 5.08. The standard InChI is InChI=1S/C25H47NO3/c1-5-6-7-8-9-10-11-12-13-14-15-16-17-18-19-20-21-25(29,22-24(27)28)23-26(2,3)4/h9-10,12-13,29H,5-8,11,14-23H2,1-4H3/b10-9-,13-12-/t25-/m1/s1. The molecule has 0 amide bonds. The van der Waals surface area contributed by atoms with Gasteiger partial charge in [0.1, 0.15) is 12.1 Å². The average Bonchev–Trinajstić information content (AvgIpc) is 2.59. The van der Waals surface area contributed by atoms with Crippen LogP contribution in [0.3, 0.4) is 0 Å². The van der Waals surface area contributed by atoms with Crippen molar-refractivity contribution in [3.63, 3.8) is 0 Å². The topological polar surface area (TPSA) is 60.4 Å². The van der Waals surface area contributed by atoms with E-state index in [1.165, 1.54) is 44.9 Å². The smallest absolute Gasteiger partial charge is 0.119 e. The summed E-state index contributed by atoms with van der Waals surface area (Å²) >= 11 is 0. The Morgan fingerprint density at radius 1 is 0.862 bits per heavy atom. The third-order valence-corrected chi connectivity index (χ3v) is 5.08. The van der Waals surface area contributed by atoms with Gasteiger partial charge in [-0.15, -0.1) is 0 Å². The van der Waals surface area contributed by atoms with Gasteiger partial charge in [-0.1, -0.05) is 76.2 Å². The van der Waals surface area contributed by atoms with Crippen molar-refractivity contribution in [1.29, 1.82) is 0 Å². The van der Waals surface area contributed by atoms with Crippen LogP contribution in [0.25, 0.3) is 0 Å². The summed E-state index contributed by atoms with van der Waals surface area (Å²) in [6.45, 7) is 2.67. The first kappa shape index (κ1) is 27.9. The number of nitrogens with zero attached hydrogens (tertiary/aromatic N) is 1. The molecule has 0 rings (SSSR count). The lowest BCUT2D eigenvalue weighted by Crippen LogP contribution is -2.51. The van der Waals surface area contributed by atoms with Crippen LogP contribution in [0.2, 0.25) is 0 Å². The highest BCUT2D eigenvalue weighted by Crippen LogP contribution is 2.22. The third kappa shape index (κ3) is 19.9. The molecule has 1 atom stereocenters. The Balaban J connectivity index is 3.72. The van der Waals surface area contributed by atoms with E-state index in [1.807, 2.05) is 21.1 Å². The number of carbonyl (C=O) groups is 1. The summed E-state index contributed by atoms with van der Waals surface area (Å²) in [5, 5.41) is 21.7. The number of carboxylic acids is 1. The average molecular weight is 410 g/mol. The molecule has 29 heavy (non-hydrogen) atoms. The van der Waals surface area contributed by atoms with Gasteiger partial charge in [0, 0.05) is 12.4 Å². The van der Waals surface area contributed by atoms with Gasteiger partial charge in [0.2, 0.25) is 0 Å². The fraction of sp³-hybridized carbons (Fsp3) is 0.800. The highest BCUT2D eigenvalue weighted by Gasteiger charge is 2.33. The first-order valence-electron chi connectivity index (χ1n) is 11.7. The normalized spacial score (nSPS) is 14.7. The minimum absolute atomic E-state index is 0.275. The summed E-state index contributed by atoms with van der Waals surface area (Å²) in [6.07, 6.45) is 23.5. The Bertz CT molecular complexity index is 465. The molecule has 0 aromatic heterocycles. The van der Waals surface area contributed by atoms with Gasteiger partial charge in [-0.05, 0) is 38.5 Å². The maximum absolute atomic E-state index is 11.0. The number of unbranched alkanes of at least 4 members (excludes halogenated alkanes) is 9. The second-order valence-electron chi connectivity index (χ2n) is 9.56. The van der Waals surface area contributed by atoms with Crippen LogP contribution in [0.1, 0.15) is 96.8 Å². The molecule has 0 bridgehead atoms. The van der Waals surface area contributed by atoms with E-state index in [4.69, 9.17) is 0 Å². The Morgan fingerprint density at radius 2 is 1.38 bits per heavy atom. The minimum atomic E-state index is -1.17. The Labute approximate surface area is 180 Å². The molecule has 0 spiro atoms. The summed E-state index contributed by atoms with van der Waals surface area (Å²) in [4.78, 5) is 11.0. The number of carbonyl (C=O) groups excluding carboxylic acids is 1. The monoisotopic (exact) mass is 409 g/mol. The first-order valence-corrected chi connectivity index (χ1v) is 11.7. The Hall–Kier alpha value is -1.13. The largest absolute Gasteiger partial charge is 0.550 e. The van der Waals surface area contributed by atoms with Crippen LogP contribution in [0.5, 0.6) is 0 Å². The number of quaternary nitrogens is 1. The summed E-state index contributed by atoms with van der Waals surface area (Å²) in [5.41, 5.74) is -1.16.